The lowest BCUT2D eigenvalue weighted by Crippen LogP contribution is -2.44. The van der Waals surface area contributed by atoms with Gasteiger partial charge < -0.3 is 15.1 Å². The van der Waals surface area contributed by atoms with Crippen molar-refractivity contribution in [1.82, 2.24) is 9.88 Å². The van der Waals surface area contributed by atoms with Crippen LogP contribution in [0.25, 0.3) is 0 Å². The average molecular weight is 391 g/mol. The maximum Gasteiger partial charge on any atom is 0.258 e. The second-order valence-electron chi connectivity index (χ2n) is 6.22. The lowest BCUT2D eigenvalue weighted by Gasteiger charge is -2.33. The molecule has 3 rings (SSSR count). The summed E-state index contributed by atoms with van der Waals surface area (Å²) in [6.07, 6.45) is 1.82. The molecular weight excluding hydrogens is 368 g/mol. The fourth-order valence-corrected chi connectivity index (χ4v) is 3.81. The Morgan fingerprint density at radius 3 is 2.65 bits per heavy atom. The molecule has 0 saturated carbocycles. The number of carbonyl (C=O) groups is 1. The average Bonchev–Trinajstić information content (AvgIpc) is 2.65. The quantitative estimate of drug-likeness (QED) is 0.786. The van der Waals surface area contributed by atoms with Gasteiger partial charge in [-0.05, 0) is 43.1 Å². The summed E-state index contributed by atoms with van der Waals surface area (Å²) in [5.74, 6) is 1.24. The molecule has 0 bridgehead atoms. The molecule has 1 fully saturated rings. The number of rotatable bonds is 5. The number of nitrogens with one attached hydrogen (secondary N) is 1. The number of thioether (sulfide) groups is 1. The van der Waals surface area contributed by atoms with Crippen LogP contribution in [0.4, 0.5) is 11.5 Å². The number of pyridine rings is 1. The molecule has 2 aromatic rings. The van der Waals surface area contributed by atoms with Crippen molar-refractivity contribution in [3.63, 3.8) is 0 Å². The lowest BCUT2D eigenvalue weighted by atomic mass is 10.2. The molecule has 0 unspecified atom stereocenters. The molecule has 1 aromatic carbocycles. The number of piperazine rings is 1. The molecule has 0 spiro atoms. The third-order valence-electron chi connectivity index (χ3n) is 4.34. The van der Waals surface area contributed by atoms with E-state index >= 15 is 0 Å². The maximum atomic E-state index is 12.6. The van der Waals surface area contributed by atoms with E-state index in [1.54, 1.807) is 23.9 Å². The lowest BCUT2D eigenvalue weighted by molar-refractivity contribution is 0.102. The summed E-state index contributed by atoms with van der Waals surface area (Å²) >= 11 is 7.69. The van der Waals surface area contributed by atoms with Gasteiger partial charge in [0.15, 0.2) is 0 Å². The van der Waals surface area contributed by atoms with E-state index < -0.39 is 0 Å². The van der Waals surface area contributed by atoms with Gasteiger partial charge in [0.1, 0.15) is 5.82 Å². The number of hydrogen-bond donors (Lipinski definition) is 1. The molecular formula is C19H23ClN4OS. The van der Waals surface area contributed by atoms with Crippen LogP contribution in [0.1, 0.15) is 17.3 Å². The maximum absolute atomic E-state index is 12.6. The zero-order valence-corrected chi connectivity index (χ0v) is 16.6. The molecule has 0 radical (unpaired) electrons. The predicted molar refractivity (Wildman–Crippen MR) is 110 cm³/mol. The Morgan fingerprint density at radius 1 is 1.23 bits per heavy atom. The van der Waals surface area contributed by atoms with Crippen molar-refractivity contribution in [2.45, 2.75) is 11.8 Å². The fraction of sp³-hybridized carbons (Fsp3) is 0.368. The molecule has 1 amide bonds. The molecule has 1 N–H and O–H groups in total. The van der Waals surface area contributed by atoms with Crippen LogP contribution < -0.4 is 10.2 Å². The van der Waals surface area contributed by atoms with Crippen molar-refractivity contribution in [3.05, 3.63) is 47.1 Å². The van der Waals surface area contributed by atoms with E-state index in [0.717, 1.165) is 42.5 Å². The number of anilines is 2. The van der Waals surface area contributed by atoms with Gasteiger partial charge in [0, 0.05) is 36.1 Å². The predicted octanol–water partition coefficient (Wildman–Crippen LogP) is 3.85. The Balaban J connectivity index is 1.69. The Morgan fingerprint density at radius 2 is 2.00 bits per heavy atom. The van der Waals surface area contributed by atoms with Gasteiger partial charge in [0.2, 0.25) is 0 Å². The Hall–Kier alpha value is -1.76. The first-order valence-corrected chi connectivity index (χ1v) is 10.1. The number of carbonyl (C=O) groups excluding carboxylic acids is 1. The molecule has 1 aromatic heterocycles. The van der Waals surface area contributed by atoms with Gasteiger partial charge in [-0.15, -0.1) is 11.8 Å². The highest BCUT2D eigenvalue weighted by atomic mass is 35.5. The fourth-order valence-electron chi connectivity index (χ4n) is 2.86. The number of halogens is 1. The van der Waals surface area contributed by atoms with Crippen LogP contribution in [0, 0.1) is 0 Å². The molecule has 2 heterocycles. The Bertz CT molecular complexity index is 761. The molecule has 1 aliphatic heterocycles. The van der Waals surface area contributed by atoms with Gasteiger partial charge in [-0.2, -0.15) is 0 Å². The van der Waals surface area contributed by atoms with Crippen LogP contribution in [0.3, 0.4) is 0 Å². The highest BCUT2D eigenvalue weighted by molar-refractivity contribution is 7.99. The van der Waals surface area contributed by atoms with Gasteiger partial charge in [0.25, 0.3) is 5.91 Å². The van der Waals surface area contributed by atoms with Crippen molar-refractivity contribution < 1.29 is 4.79 Å². The minimum atomic E-state index is -0.191. The summed E-state index contributed by atoms with van der Waals surface area (Å²) in [4.78, 5) is 22.6. The van der Waals surface area contributed by atoms with Crippen LogP contribution in [-0.2, 0) is 0 Å². The summed E-state index contributed by atoms with van der Waals surface area (Å²) in [6.45, 7) is 6.13. The van der Waals surface area contributed by atoms with Gasteiger partial charge in [-0.25, -0.2) is 4.98 Å². The first kappa shape index (κ1) is 19.0. The minimum absolute atomic E-state index is 0.191. The third-order valence-corrected chi connectivity index (χ3v) is 5.53. The molecule has 7 heteroatoms. The van der Waals surface area contributed by atoms with E-state index in [9.17, 15) is 4.79 Å². The Kier molecular flexibility index (Phi) is 6.40. The number of aromatic nitrogens is 1. The number of amides is 1. The summed E-state index contributed by atoms with van der Waals surface area (Å²) in [5, 5.41) is 3.42. The number of benzene rings is 1. The zero-order valence-electron chi connectivity index (χ0n) is 15.0. The second kappa shape index (κ2) is 8.75. The van der Waals surface area contributed by atoms with Crippen LogP contribution >= 0.6 is 23.4 Å². The summed E-state index contributed by atoms with van der Waals surface area (Å²) in [5.41, 5.74) is 1.66. The van der Waals surface area contributed by atoms with E-state index in [2.05, 4.69) is 34.1 Å². The zero-order chi connectivity index (χ0) is 18.5. The number of nitrogens with zero attached hydrogens (tertiary/aromatic N) is 3. The molecule has 5 nitrogen and oxygen atoms in total. The molecule has 138 valence electrons. The van der Waals surface area contributed by atoms with Crippen molar-refractivity contribution in [2.24, 2.45) is 0 Å². The third kappa shape index (κ3) is 4.69. The largest absolute Gasteiger partial charge is 0.368 e. The van der Waals surface area contributed by atoms with Gasteiger partial charge in [-0.1, -0.05) is 18.5 Å². The first-order chi connectivity index (χ1) is 12.6. The minimum Gasteiger partial charge on any atom is -0.368 e. The summed E-state index contributed by atoms with van der Waals surface area (Å²) < 4.78 is 0. The highest BCUT2D eigenvalue weighted by Crippen LogP contribution is 2.26. The summed E-state index contributed by atoms with van der Waals surface area (Å²) in [7, 11) is 2.13. The van der Waals surface area contributed by atoms with Crippen molar-refractivity contribution in [2.75, 3.05) is 49.2 Å². The smallest absolute Gasteiger partial charge is 0.258 e. The molecule has 26 heavy (non-hydrogen) atoms. The van der Waals surface area contributed by atoms with Crippen molar-refractivity contribution in [1.29, 1.82) is 0 Å². The van der Waals surface area contributed by atoms with Crippen LogP contribution in [0.5, 0.6) is 0 Å². The van der Waals surface area contributed by atoms with Crippen LogP contribution in [-0.4, -0.2) is 54.8 Å². The van der Waals surface area contributed by atoms with E-state index in [1.807, 2.05) is 24.4 Å². The standard InChI is InChI=1S/C19H23ClN4OS/c1-3-26-17-6-4-14(20)12-16(17)19(25)22-18-7-5-15(13-21-18)24-10-8-23(2)9-11-24/h4-7,12-13H,3,8-11H2,1-2H3,(H,21,22,25). The van der Waals surface area contributed by atoms with Crippen molar-refractivity contribution >= 4 is 40.8 Å². The monoisotopic (exact) mass is 390 g/mol. The SMILES string of the molecule is CCSc1ccc(Cl)cc1C(=O)Nc1ccc(N2CCN(C)CC2)cn1. The highest BCUT2D eigenvalue weighted by Gasteiger charge is 2.16. The van der Waals surface area contributed by atoms with E-state index in [0.29, 0.717) is 16.4 Å². The van der Waals surface area contributed by atoms with E-state index in [1.165, 1.54) is 0 Å². The Labute approximate surface area is 163 Å². The number of hydrogen-bond acceptors (Lipinski definition) is 5. The second-order valence-corrected chi connectivity index (χ2v) is 7.96. The molecule has 1 aliphatic rings. The van der Waals surface area contributed by atoms with E-state index in [4.69, 9.17) is 11.6 Å². The van der Waals surface area contributed by atoms with Crippen LogP contribution in [0.15, 0.2) is 41.4 Å². The van der Waals surface area contributed by atoms with Crippen molar-refractivity contribution in [3.8, 4) is 0 Å². The first-order valence-electron chi connectivity index (χ1n) is 8.70. The molecule has 0 atom stereocenters. The number of likely N-dealkylation sites (N-methyl/N-ethyl adjacent to an activating group) is 1. The normalized spacial score (nSPS) is 15.1. The topological polar surface area (TPSA) is 48.5 Å². The van der Waals surface area contributed by atoms with E-state index in [-0.39, 0.29) is 5.91 Å². The molecule has 0 aliphatic carbocycles. The van der Waals surface area contributed by atoms with Gasteiger partial charge >= 0.3 is 0 Å². The van der Waals surface area contributed by atoms with Gasteiger partial charge in [0.05, 0.1) is 17.4 Å². The van der Waals surface area contributed by atoms with Crippen LogP contribution in [0.2, 0.25) is 5.02 Å². The summed E-state index contributed by atoms with van der Waals surface area (Å²) in [6, 6.07) is 9.25. The molecule has 1 saturated heterocycles. The van der Waals surface area contributed by atoms with Gasteiger partial charge in [-0.3, -0.25) is 4.79 Å².